The van der Waals surface area contributed by atoms with Crippen molar-refractivity contribution in [1.29, 1.82) is 0 Å². The van der Waals surface area contributed by atoms with E-state index in [1.165, 1.54) is 0 Å². The minimum atomic E-state index is -1.25. The van der Waals surface area contributed by atoms with Crippen molar-refractivity contribution in [2.24, 2.45) is 0 Å². The summed E-state index contributed by atoms with van der Waals surface area (Å²) in [6.07, 6.45) is -0.282. The Hall–Kier alpha value is -0.710. The maximum Gasteiger partial charge on any atom is 0.313 e. The quantitative estimate of drug-likeness (QED) is 0.527. The predicted molar refractivity (Wildman–Crippen MR) is 59.0 cm³/mol. The molecule has 1 unspecified atom stereocenters. The summed E-state index contributed by atoms with van der Waals surface area (Å²) in [5, 5.41) is 0. The summed E-state index contributed by atoms with van der Waals surface area (Å²) in [6, 6.07) is 0. The number of ketones is 1. The Morgan fingerprint density at radius 2 is 1.80 bits per heavy atom. The summed E-state index contributed by atoms with van der Waals surface area (Å²) in [7, 11) is -1.25. The van der Waals surface area contributed by atoms with Crippen LogP contribution in [-0.2, 0) is 25.1 Å². The van der Waals surface area contributed by atoms with E-state index >= 15 is 0 Å². The first-order chi connectivity index (χ1) is 6.77. The fourth-order valence-corrected chi connectivity index (χ4v) is 1.61. The van der Waals surface area contributed by atoms with Crippen LogP contribution in [0.1, 0.15) is 34.1 Å². The molecule has 0 radical (unpaired) electrons. The molecule has 0 saturated heterocycles. The molecule has 0 aliphatic heterocycles. The van der Waals surface area contributed by atoms with Crippen molar-refractivity contribution < 1.29 is 18.5 Å². The van der Waals surface area contributed by atoms with Gasteiger partial charge >= 0.3 is 5.97 Å². The van der Waals surface area contributed by atoms with Gasteiger partial charge in [0.1, 0.15) is 6.42 Å². The number of carbonyl (C=O) groups is 2. The Morgan fingerprint density at radius 3 is 2.20 bits per heavy atom. The molecule has 0 amide bonds. The molecule has 0 spiro atoms. The zero-order valence-electron chi connectivity index (χ0n) is 9.66. The first-order valence-corrected chi connectivity index (χ1v) is 6.15. The largest absolute Gasteiger partial charge is 0.466 e. The minimum absolute atomic E-state index is 0.0810. The lowest BCUT2D eigenvalue weighted by Gasteiger charge is -2.16. The fraction of sp³-hybridized carbons (Fsp3) is 0.800. The van der Waals surface area contributed by atoms with Gasteiger partial charge in [-0.1, -0.05) is 0 Å². The first kappa shape index (κ1) is 14.3. The van der Waals surface area contributed by atoms with Crippen molar-refractivity contribution in [2.45, 2.75) is 38.9 Å². The van der Waals surface area contributed by atoms with Gasteiger partial charge in [-0.3, -0.25) is 13.8 Å². The van der Waals surface area contributed by atoms with Gasteiger partial charge in [0.2, 0.25) is 0 Å². The van der Waals surface area contributed by atoms with E-state index in [1.54, 1.807) is 27.7 Å². The highest BCUT2D eigenvalue weighted by molar-refractivity contribution is 7.87. The lowest BCUT2D eigenvalue weighted by atomic mass is 10.3. The van der Waals surface area contributed by atoms with Gasteiger partial charge < -0.3 is 4.74 Å². The van der Waals surface area contributed by atoms with E-state index in [0.29, 0.717) is 0 Å². The zero-order valence-corrected chi connectivity index (χ0v) is 10.5. The monoisotopic (exact) mass is 234 g/mol. The molecule has 0 aliphatic carbocycles. The number of hydrogen-bond acceptors (Lipinski definition) is 4. The van der Waals surface area contributed by atoms with Crippen molar-refractivity contribution in [3.05, 3.63) is 0 Å². The SMILES string of the molecule is CCOC(=O)CC(=O)CS(=O)C(C)(C)C. The van der Waals surface area contributed by atoms with Crippen LogP contribution in [0.3, 0.4) is 0 Å². The summed E-state index contributed by atoms with van der Waals surface area (Å²) in [5.74, 6) is -0.961. The molecule has 0 N–H and O–H groups in total. The Balaban J connectivity index is 4.05. The van der Waals surface area contributed by atoms with Crippen LogP contribution in [0.2, 0.25) is 0 Å². The van der Waals surface area contributed by atoms with Gasteiger partial charge in [-0.05, 0) is 27.7 Å². The van der Waals surface area contributed by atoms with E-state index in [-0.39, 0.29) is 24.6 Å². The van der Waals surface area contributed by atoms with Crippen LogP contribution in [-0.4, -0.2) is 33.1 Å². The molecule has 4 nitrogen and oxygen atoms in total. The molecule has 5 heteroatoms. The van der Waals surface area contributed by atoms with Gasteiger partial charge in [-0.2, -0.15) is 0 Å². The lowest BCUT2D eigenvalue weighted by molar-refractivity contribution is -0.145. The zero-order chi connectivity index (χ0) is 12.1. The van der Waals surface area contributed by atoms with Crippen molar-refractivity contribution in [2.75, 3.05) is 12.4 Å². The number of ether oxygens (including phenoxy) is 1. The third kappa shape index (κ3) is 6.38. The van der Waals surface area contributed by atoms with Gasteiger partial charge in [0.25, 0.3) is 0 Å². The molecule has 0 bridgehead atoms. The van der Waals surface area contributed by atoms with E-state index in [0.717, 1.165) is 0 Å². The molecule has 0 heterocycles. The van der Waals surface area contributed by atoms with Gasteiger partial charge in [0, 0.05) is 15.5 Å². The van der Waals surface area contributed by atoms with Gasteiger partial charge in [0.15, 0.2) is 5.78 Å². The molecule has 0 saturated carbocycles. The van der Waals surface area contributed by atoms with E-state index < -0.39 is 21.5 Å². The predicted octanol–water partition coefficient (Wildman–Crippen LogP) is 1.06. The summed E-state index contributed by atoms with van der Waals surface area (Å²) >= 11 is 0. The maximum absolute atomic E-state index is 11.6. The third-order valence-electron chi connectivity index (χ3n) is 1.62. The average Bonchev–Trinajstić information content (AvgIpc) is 2.01. The second kappa shape index (κ2) is 6.00. The summed E-state index contributed by atoms with van der Waals surface area (Å²) in [5.41, 5.74) is 0. The summed E-state index contributed by atoms with van der Waals surface area (Å²) in [6.45, 7) is 7.31. The number of Topliss-reactive ketones (excluding diaryl/α,β-unsaturated/α-hetero) is 1. The lowest BCUT2D eigenvalue weighted by Crippen LogP contribution is -2.28. The smallest absolute Gasteiger partial charge is 0.313 e. The fourth-order valence-electron chi connectivity index (χ4n) is 0.787. The Kier molecular flexibility index (Phi) is 5.72. The summed E-state index contributed by atoms with van der Waals surface area (Å²) < 4.78 is 15.7. The molecule has 15 heavy (non-hydrogen) atoms. The van der Waals surface area contributed by atoms with Crippen LogP contribution >= 0.6 is 0 Å². The Bertz CT molecular complexity index is 265. The van der Waals surface area contributed by atoms with Crippen LogP contribution in [0.25, 0.3) is 0 Å². The molecule has 0 aromatic heterocycles. The molecule has 0 aromatic carbocycles. The van der Waals surface area contributed by atoms with E-state index in [2.05, 4.69) is 4.74 Å². The third-order valence-corrected chi connectivity index (χ3v) is 3.57. The molecule has 1 atom stereocenters. The molecule has 0 aromatic rings. The highest BCUT2D eigenvalue weighted by Gasteiger charge is 2.23. The molecule has 88 valence electrons. The van der Waals surface area contributed by atoms with Crippen LogP contribution in [0.5, 0.6) is 0 Å². The molecular formula is C10H18O4S. The van der Waals surface area contributed by atoms with Crippen LogP contribution in [0, 0.1) is 0 Å². The van der Waals surface area contributed by atoms with Crippen molar-refractivity contribution >= 4 is 22.6 Å². The number of esters is 1. The summed E-state index contributed by atoms with van der Waals surface area (Å²) in [4.78, 5) is 22.2. The van der Waals surface area contributed by atoms with Crippen molar-refractivity contribution in [1.82, 2.24) is 0 Å². The topological polar surface area (TPSA) is 60.4 Å². The Morgan fingerprint density at radius 1 is 1.27 bits per heavy atom. The number of carbonyl (C=O) groups excluding carboxylic acids is 2. The van der Waals surface area contributed by atoms with Crippen molar-refractivity contribution in [3.8, 4) is 0 Å². The van der Waals surface area contributed by atoms with Gasteiger partial charge in [-0.15, -0.1) is 0 Å². The highest BCUT2D eigenvalue weighted by Crippen LogP contribution is 2.11. The van der Waals surface area contributed by atoms with E-state index in [4.69, 9.17) is 0 Å². The van der Waals surface area contributed by atoms with Crippen LogP contribution < -0.4 is 0 Å². The minimum Gasteiger partial charge on any atom is -0.466 e. The van der Waals surface area contributed by atoms with Crippen molar-refractivity contribution in [3.63, 3.8) is 0 Å². The first-order valence-electron chi connectivity index (χ1n) is 4.83. The van der Waals surface area contributed by atoms with E-state index in [9.17, 15) is 13.8 Å². The van der Waals surface area contributed by atoms with Crippen LogP contribution in [0.4, 0.5) is 0 Å². The normalized spacial score (nSPS) is 13.3. The van der Waals surface area contributed by atoms with Gasteiger partial charge in [-0.25, -0.2) is 0 Å². The van der Waals surface area contributed by atoms with Gasteiger partial charge in [0.05, 0.1) is 12.4 Å². The molecule has 0 fully saturated rings. The number of hydrogen-bond donors (Lipinski definition) is 0. The Labute approximate surface area is 92.8 Å². The number of rotatable bonds is 5. The molecular weight excluding hydrogens is 216 g/mol. The second-order valence-electron chi connectivity index (χ2n) is 4.12. The second-order valence-corrected chi connectivity index (χ2v) is 6.33. The molecule has 0 aliphatic rings. The molecule has 0 rings (SSSR count). The van der Waals surface area contributed by atoms with E-state index in [1.807, 2.05) is 0 Å². The average molecular weight is 234 g/mol. The van der Waals surface area contributed by atoms with Crippen LogP contribution in [0.15, 0.2) is 0 Å². The maximum atomic E-state index is 11.6. The highest BCUT2D eigenvalue weighted by atomic mass is 32.2. The standard InChI is InChI=1S/C10H18O4S/c1-5-14-9(12)6-8(11)7-15(13)10(2,3)4/h5-7H2,1-4H3.